The molecule has 3 aromatic rings. The average Bonchev–Trinajstić information content (AvgIpc) is 3.02. The molecule has 23 heavy (non-hydrogen) atoms. The van der Waals surface area contributed by atoms with Gasteiger partial charge in [0, 0.05) is 30.7 Å². The number of hydrogen-bond donors (Lipinski definition) is 2. The molecule has 0 aliphatic carbocycles. The van der Waals surface area contributed by atoms with E-state index in [9.17, 15) is 9.90 Å². The number of hydrogen-bond acceptors (Lipinski definition) is 4. The van der Waals surface area contributed by atoms with E-state index >= 15 is 0 Å². The minimum absolute atomic E-state index is 0.137. The monoisotopic (exact) mass is 313 g/mol. The van der Waals surface area contributed by atoms with Crippen LogP contribution in [-0.2, 0) is 14.1 Å². The van der Waals surface area contributed by atoms with Crippen molar-refractivity contribution in [3.63, 3.8) is 0 Å². The fraction of sp³-hybridized carbons (Fsp3) is 0.312. The van der Waals surface area contributed by atoms with E-state index in [1.54, 1.807) is 29.1 Å². The topological polar surface area (TPSA) is 85.0 Å². The molecule has 7 heteroatoms. The fourth-order valence-corrected chi connectivity index (χ4v) is 2.86. The van der Waals surface area contributed by atoms with Crippen molar-refractivity contribution in [1.29, 1.82) is 0 Å². The van der Waals surface area contributed by atoms with Gasteiger partial charge in [-0.2, -0.15) is 0 Å². The molecule has 2 N–H and O–H groups in total. The fourth-order valence-electron chi connectivity index (χ4n) is 2.86. The van der Waals surface area contributed by atoms with Crippen LogP contribution in [0.15, 0.2) is 24.5 Å². The van der Waals surface area contributed by atoms with Crippen LogP contribution in [0.3, 0.4) is 0 Å². The van der Waals surface area contributed by atoms with Crippen LogP contribution in [0.5, 0.6) is 5.75 Å². The number of carbonyl (C=O) groups excluding carboxylic acids is 1. The van der Waals surface area contributed by atoms with Gasteiger partial charge >= 0.3 is 0 Å². The molecule has 120 valence electrons. The highest BCUT2D eigenvalue weighted by Gasteiger charge is 2.22. The van der Waals surface area contributed by atoms with E-state index in [1.165, 1.54) is 0 Å². The third kappa shape index (κ3) is 2.44. The normalized spacial score (nSPS) is 12.5. The van der Waals surface area contributed by atoms with Crippen LogP contribution in [0.2, 0.25) is 0 Å². The highest BCUT2D eigenvalue weighted by Crippen LogP contribution is 2.28. The summed E-state index contributed by atoms with van der Waals surface area (Å²) in [5.41, 5.74) is 2.30. The molecule has 1 aromatic carbocycles. The SMILES string of the molecule is Cc1c(C(=O)NC(C)c2nncn2C)c2cc(O)ccc2n1C. The lowest BCUT2D eigenvalue weighted by atomic mass is 10.1. The lowest BCUT2D eigenvalue weighted by Crippen LogP contribution is -2.28. The highest BCUT2D eigenvalue weighted by molar-refractivity contribution is 6.08. The summed E-state index contributed by atoms with van der Waals surface area (Å²) in [6.07, 6.45) is 1.60. The molecule has 0 radical (unpaired) electrons. The minimum Gasteiger partial charge on any atom is -0.508 e. The molecule has 1 unspecified atom stereocenters. The Morgan fingerprint density at radius 1 is 1.35 bits per heavy atom. The Hall–Kier alpha value is -2.83. The van der Waals surface area contributed by atoms with Gasteiger partial charge in [-0.05, 0) is 32.0 Å². The molecular weight excluding hydrogens is 294 g/mol. The molecule has 0 aliphatic rings. The van der Waals surface area contributed by atoms with Gasteiger partial charge in [0.1, 0.15) is 12.1 Å². The van der Waals surface area contributed by atoms with E-state index in [-0.39, 0.29) is 17.7 Å². The van der Waals surface area contributed by atoms with E-state index < -0.39 is 0 Å². The Morgan fingerprint density at radius 3 is 2.74 bits per heavy atom. The van der Waals surface area contributed by atoms with Crippen molar-refractivity contribution in [1.82, 2.24) is 24.6 Å². The number of nitrogens with zero attached hydrogens (tertiary/aromatic N) is 4. The Morgan fingerprint density at radius 2 is 2.09 bits per heavy atom. The zero-order chi connectivity index (χ0) is 16.7. The number of benzene rings is 1. The number of carbonyl (C=O) groups is 1. The predicted molar refractivity (Wildman–Crippen MR) is 86.2 cm³/mol. The molecule has 3 rings (SSSR count). The van der Waals surface area contributed by atoms with E-state index in [0.717, 1.165) is 16.6 Å². The molecule has 0 saturated heterocycles. The van der Waals surface area contributed by atoms with Gasteiger partial charge < -0.3 is 19.6 Å². The van der Waals surface area contributed by atoms with Gasteiger partial charge in [0.2, 0.25) is 0 Å². The van der Waals surface area contributed by atoms with Crippen molar-refractivity contribution < 1.29 is 9.90 Å². The van der Waals surface area contributed by atoms with Gasteiger partial charge in [-0.1, -0.05) is 0 Å². The first kappa shape index (κ1) is 15.1. The summed E-state index contributed by atoms with van der Waals surface area (Å²) in [5.74, 6) is 0.617. The van der Waals surface area contributed by atoms with Gasteiger partial charge in [-0.15, -0.1) is 10.2 Å². The zero-order valence-corrected chi connectivity index (χ0v) is 13.5. The molecule has 0 bridgehead atoms. The zero-order valence-electron chi connectivity index (χ0n) is 13.5. The van der Waals surface area contributed by atoms with Crippen LogP contribution in [0, 0.1) is 6.92 Å². The lowest BCUT2D eigenvalue weighted by molar-refractivity contribution is 0.0938. The number of amides is 1. The summed E-state index contributed by atoms with van der Waals surface area (Å²) in [4.78, 5) is 12.8. The Balaban J connectivity index is 2.00. The average molecular weight is 313 g/mol. The van der Waals surface area contributed by atoms with Crippen molar-refractivity contribution in [2.75, 3.05) is 0 Å². The number of aromatic hydroxyl groups is 1. The third-order valence-electron chi connectivity index (χ3n) is 4.18. The van der Waals surface area contributed by atoms with E-state index in [4.69, 9.17) is 0 Å². The van der Waals surface area contributed by atoms with Crippen LogP contribution in [0.1, 0.15) is 34.8 Å². The first-order chi connectivity index (χ1) is 10.9. The molecule has 2 heterocycles. The number of nitrogens with one attached hydrogen (secondary N) is 1. The number of rotatable bonds is 3. The quantitative estimate of drug-likeness (QED) is 0.772. The number of aryl methyl sites for hydroxylation is 2. The molecule has 7 nitrogen and oxygen atoms in total. The molecule has 0 aliphatic heterocycles. The van der Waals surface area contributed by atoms with Crippen molar-refractivity contribution in [2.45, 2.75) is 19.9 Å². The van der Waals surface area contributed by atoms with Crippen LogP contribution in [0.4, 0.5) is 0 Å². The Kier molecular flexibility index (Phi) is 3.55. The summed E-state index contributed by atoms with van der Waals surface area (Å²) in [5, 5.41) is 21.3. The maximum Gasteiger partial charge on any atom is 0.254 e. The van der Waals surface area contributed by atoms with Crippen LogP contribution in [0.25, 0.3) is 10.9 Å². The second kappa shape index (κ2) is 5.42. The maximum atomic E-state index is 12.8. The summed E-state index contributed by atoms with van der Waals surface area (Å²) in [7, 11) is 3.73. The predicted octanol–water partition coefficient (Wildman–Crippen LogP) is 1.81. The first-order valence-corrected chi connectivity index (χ1v) is 7.33. The number of phenolic OH excluding ortho intramolecular Hbond substituents is 1. The van der Waals surface area contributed by atoms with E-state index in [1.807, 2.05) is 32.5 Å². The molecule has 0 fully saturated rings. The van der Waals surface area contributed by atoms with E-state index in [0.29, 0.717) is 11.4 Å². The lowest BCUT2D eigenvalue weighted by Gasteiger charge is -2.13. The Bertz CT molecular complexity index is 893. The number of fused-ring (bicyclic) bond motifs is 1. The second-order valence-corrected chi connectivity index (χ2v) is 5.72. The molecule has 0 spiro atoms. The van der Waals surface area contributed by atoms with Gasteiger partial charge in [0.05, 0.1) is 11.6 Å². The van der Waals surface area contributed by atoms with Crippen LogP contribution in [-0.4, -0.2) is 30.3 Å². The minimum atomic E-state index is -0.276. The summed E-state index contributed by atoms with van der Waals surface area (Å²) in [6, 6.07) is 4.76. The molecular formula is C16H19N5O2. The maximum absolute atomic E-state index is 12.8. The number of aromatic nitrogens is 4. The van der Waals surface area contributed by atoms with Crippen LogP contribution < -0.4 is 5.32 Å². The summed E-state index contributed by atoms with van der Waals surface area (Å²) >= 11 is 0. The largest absolute Gasteiger partial charge is 0.508 e. The molecule has 2 aromatic heterocycles. The summed E-state index contributed by atoms with van der Waals surface area (Å²) < 4.78 is 3.71. The highest BCUT2D eigenvalue weighted by atomic mass is 16.3. The van der Waals surface area contributed by atoms with Gasteiger partial charge in [0.15, 0.2) is 5.82 Å². The number of phenols is 1. The smallest absolute Gasteiger partial charge is 0.254 e. The van der Waals surface area contributed by atoms with Crippen molar-refractivity contribution >= 4 is 16.8 Å². The van der Waals surface area contributed by atoms with E-state index in [2.05, 4.69) is 15.5 Å². The first-order valence-electron chi connectivity index (χ1n) is 7.33. The Labute approximate surface area is 133 Å². The third-order valence-corrected chi connectivity index (χ3v) is 4.18. The van der Waals surface area contributed by atoms with Crippen molar-refractivity contribution in [3.8, 4) is 5.75 Å². The van der Waals surface area contributed by atoms with Crippen molar-refractivity contribution in [3.05, 3.63) is 41.6 Å². The van der Waals surface area contributed by atoms with Gasteiger partial charge in [-0.3, -0.25) is 4.79 Å². The molecule has 1 amide bonds. The van der Waals surface area contributed by atoms with Gasteiger partial charge in [0.25, 0.3) is 5.91 Å². The van der Waals surface area contributed by atoms with Gasteiger partial charge in [-0.25, -0.2) is 0 Å². The van der Waals surface area contributed by atoms with Crippen molar-refractivity contribution in [2.24, 2.45) is 14.1 Å². The molecule has 1 atom stereocenters. The van der Waals surface area contributed by atoms with Crippen LogP contribution >= 0.6 is 0 Å². The summed E-state index contributed by atoms with van der Waals surface area (Å²) in [6.45, 7) is 3.75. The second-order valence-electron chi connectivity index (χ2n) is 5.72. The molecule has 0 saturated carbocycles. The standard InChI is InChI=1S/C16H19N5O2/c1-9(15-19-17-8-20(15)3)18-16(23)14-10(2)21(4)13-6-5-11(22)7-12(13)14/h5-9,22H,1-4H3,(H,18,23).